The van der Waals surface area contributed by atoms with Crippen molar-refractivity contribution < 1.29 is 4.74 Å². The van der Waals surface area contributed by atoms with E-state index in [0.717, 1.165) is 5.69 Å². The molecule has 0 fully saturated rings. The second-order valence-corrected chi connectivity index (χ2v) is 3.84. The third-order valence-electron chi connectivity index (χ3n) is 2.44. The molecule has 2 atom stereocenters. The molecule has 1 heterocycles. The van der Waals surface area contributed by atoms with Gasteiger partial charge in [-0.1, -0.05) is 11.6 Å². The fourth-order valence-electron chi connectivity index (χ4n) is 1.72. The van der Waals surface area contributed by atoms with Crippen LogP contribution in [0.15, 0.2) is 6.20 Å². The Balaban J connectivity index is 2.91. The Morgan fingerprint density at radius 3 is 2.73 bits per heavy atom. The first kappa shape index (κ1) is 12.5. The summed E-state index contributed by atoms with van der Waals surface area (Å²) in [5.41, 5.74) is 0.958. The smallest absolute Gasteiger partial charge is 0.0835 e. The van der Waals surface area contributed by atoms with E-state index in [-0.39, 0.29) is 12.1 Å². The van der Waals surface area contributed by atoms with Gasteiger partial charge in [-0.25, -0.2) is 0 Å². The average Bonchev–Trinajstić information content (AvgIpc) is 2.51. The van der Waals surface area contributed by atoms with Crippen LogP contribution in [0.1, 0.15) is 25.6 Å². The van der Waals surface area contributed by atoms with Gasteiger partial charge in [-0.2, -0.15) is 5.10 Å². The van der Waals surface area contributed by atoms with Crippen molar-refractivity contribution in [3.8, 4) is 0 Å². The summed E-state index contributed by atoms with van der Waals surface area (Å²) in [6, 6.07) is 0.0601. The fraction of sp³-hybridized carbons (Fsp3) is 0.700. The van der Waals surface area contributed by atoms with Crippen LogP contribution in [0.2, 0.25) is 5.02 Å². The number of ether oxygens (including phenoxy) is 1. The molecule has 4 nitrogen and oxygen atoms in total. The molecule has 0 bridgehead atoms. The van der Waals surface area contributed by atoms with E-state index in [1.54, 1.807) is 10.9 Å². The minimum atomic E-state index is 0.0601. The minimum absolute atomic E-state index is 0.0601. The summed E-state index contributed by atoms with van der Waals surface area (Å²) in [6.07, 6.45) is 1.72. The predicted octanol–water partition coefficient (Wildman–Crippen LogP) is 1.76. The number of nitrogens with one attached hydrogen (secondary N) is 1. The van der Waals surface area contributed by atoms with Crippen LogP contribution in [0.5, 0.6) is 0 Å². The molecule has 0 saturated carbocycles. The number of rotatable bonds is 5. The van der Waals surface area contributed by atoms with Gasteiger partial charge in [0.15, 0.2) is 0 Å². The van der Waals surface area contributed by atoms with Gasteiger partial charge in [-0.15, -0.1) is 0 Å². The summed E-state index contributed by atoms with van der Waals surface area (Å²) in [5, 5.41) is 7.99. The third-order valence-corrected chi connectivity index (χ3v) is 2.73. The number of likely N-dealkylation sites (N-methyl/N-ethyl adjacent to an activating group) is 1. The molecule has 5 heteroatoms. The SMILES string of the molecule is CCOC(C)C(NC)c1c(Cl)cnn1C. The van der Waals surface area contributed by atoms with Gasteiger partial charge in [-0.05, 0) is 20.9 Å². The predicted molar refractivity (Wildman–Crippen MR) is 61.1 cm³/mol. The van der Waals surface area contributed by atoms with Crippen molar-refractivity contribution in [2.75, 3.05) is 13.7 Å². The molecule has 1 N–H and O–H groups in total. The lowest BCUT2D eigenvalue weighted by atomic mass is 10.1. The molecule has 0 saturated heterocycles. The monoisotopic (exact) mass is 231 g/mol. The third kappa shape index (κ3) is 2.71. The van der Waals surface area contributed by atoms with Gasteiger partial charge < -0.3 is 10.1 Å². The van der Waals surface area contributed by atoms with E-state index in [9.17, 15) is 0 Å². The Hall–Kier alpha value is -0.580. The molecule has 1 rings (SSSR count). The van der Waals surface area contributed by atoms with Crippen molar-refractivity contribution in [3.05, 3.63) is 16.9 Å². The highest BCUT2D eigenvalue weighted by atomic mass is 35.5. The van der Waals surface area contributed by atoms with E-state index in [0.29, 0.717) is 11.6 Å². The summed E-state index contributed by atoms with van der Waals surface area (Å²) >= 11 is 6.08. The van der Waals surface area contributed by atoms with Crippen molar-refractivity contribution in [3.63, 3.8) is 0 Å². The van der Waals surface area contributed by atoms with Gasteiger partial charge in [0, 0.05) is 13.7 Å². The van der Waals surface area contributed by atoms with E-state index >= 15 is 0 Å². The normalized spacial score (nSPS) is 15.3. The number of aromatic nitrogens is 2. The zero-order valence-electron chi connectivity index (χ0n) is 9.62. The lowest BCUT2D eigenvalue weighted by Gasteiger charge is -2.23. The molecule has 15 heavy (non-hydrogen) atoms. The molecular weight excluding hydrogens is 214 g/mol. The molecular formula is C10H18ClN3O. The van der Waals surface area contributed by atoms with Gasteiger partial charge in [0.25, 0.3) is 0 Å². The van der Waals surface area contributed by atoms with Gasteiger partial charge in [0.1, 0.15) is 0 Å². The van der Waals surface area contributed by atoms with Crippen molar-refractivity contribution in [2.24, 2.45) is 7.05 Å². The van der Waals surface area contributed by atoms with Crippen molar-refractivity contribution in [2.45, 2.75) is 26.0 Å². The molecule has 0 radical (unpaired) electrons. The molecule has 1 aromatic heterocycles. The summed E-state index contributed by atoms with van der Waals surface area (Å²) < 4.78 is 7.34. The van der Waals surface area contributed by atoms with Crippen molar-refractivity contribution in [1.82, 2.24) is 15.1 Å². The minimum Gasteiger partial charge on any atom is -0.377 e. The van der Waals surface area contributed by atoms with Crippen LogP contribution in [-0.4, -0.2) is 29.5 Å². The first-order valence-electron chi connectivity index (χ1n) is 5.08. The topological polar surface area (TPSA) is 39.1 Å². The van der Waals surface area contributed by atoms with E-state index in [1.165, 1.54) is 0 Å². The summed E-state index contributed by atoms with van der Waals surface area (Å²) in [6.45, 7) is 4.69. The molecule has 1 aromatic rings. The van der Waals surface area contributed by atoms with Gasteiger partial charge in [0.2, 0.25) is 0 Å². The number of halogens is 1. The maximum atomic E-state index is 6.08. The molecule has 0 aliphatic rings. The number of aryl methyl sites for hydroxylation is 1. The van der Waals surface area contributed by atoms with Crippen LogP contribution in [0, 0.1) is 0 Å². The Labute approximate surface area is 95.6 Å². The number of nitrogens with zero attached hydrogens (tertiary/aromatic N) is 2. The van der Waals surface area contributed by atoms with Crippen LogP contribution in [-0.2, 0) is 11.8 Å². The molecule has 0 aliphatic heterocycles. The highest BCUT2D eigenvalue weighted by molar-refractivity contribution is 6.31. The van der Waals surface area contributed by atoms with Crippen LogP contribution < -0.4 is 5.32 Å². The van der Waals surface area contributed by atoms with E-state index in [4.69, 9.17) is 16.3 Å². The molecule has 0 amide bonds. The first-order valence-corrected chi connectivity index (χ1v) is 5.45. The Morgan fingerprint density at radius 1 is 1.67 bits per heavy atom. The van der Waals surface area contributed by atoms with Gasteiger partial charge in [0.05, 0.1) is 29.1 Å². The maximum absolute atomic E-state index is 6.08. The molecule has 0 spiro atoms. The molecule has 2 unspecified atom stereocenters. The van der Waals surface area contributed by atoms with E-state index in [2.05, 4.69) is 10.4 Å². The zero-order valence-corrected chi connectivity index (χ0v) is 10.4. The van der Waals surface area contributed by atoms with Crippen LogP contribution >= 0.6 is 11.6 Å². The largest absolute Gasteiger partial charge is 0.377 e. The second-order valence-electron chi connectivity index (χ2n) is 3.43. The van der Waals surface area contributed by atoms with Crippen molar-refractivity contribution in [1.29, 1.82) is 0 Å². The lowest BCUT2D eigenvalue weighted by molar-refractivity contribution is 0.0472. The summed E-state index contributed by atoms with van der Waals surface area (Å²) in [4.78, 5) is 0. The quantitative estimate of drug-likeness (QED) is 0.840. The summed E-state index contributed by atoms with van der Waals surface area (Å²) in [7, 11) is 3.77. The van der Waals surface area contributed by atoms with Gasteiger partial charge >= 0.3 is 0 Å². The van der Waals surface area contributed by atoms with E-state index in [1.807, 2.05) is 27.9 Å². The Bertz CT molecular complexity index is 294. The highest BCUT2D eigenvalue weighted by Gasteiger charge is 2.23. The fourth-order valence-corrected chi connectivity index (χ4v) is 2.01. The Morgan fingerprint density at radius 2 is 2.33 bits per heavy atom. The maximum Gasteiger partial charge on any atom is 0.0835 e. The molecule has 0 aliphatic carbocycles. The average molecular weight is 232 g/mol. The number of hydrogen-bond acceptors (Lipinski definition) is 3. The standard InChI is InChI=1S/C10H18ClN3O/c1-5-15-7(2)9(12-3)10-8(11)6-13-14(10)4/h6-7,9,12H,5H2,1-4H3. The Kier molecular flexibility index (Phi) is 4.57. The lowest BCUT2D eigenvalue weighted by Crippen LogP contribution is -2.31. The highest BCUT2D eigenvalue weighted by Crippen LogP contribution is 2.25. The van der Waals surface area contributed by atoms with Crippen LogP contribution in [0.4, 0.5) is 0 Å². The molecule has 86 valence electrons. The van der Waals surface area contributed by atoms with Crippen LogP contribution in [0.3, 0.4) is 0 Å². The zero-order chi connectivity index (χ0) is 11.4. The van der Waals surface area contributed by atoms with Gasteiger partial charge in [-0.3, -0.25) is 4.68 Å². The second kappa shape index (κ2) is 5.49. The number of hydrogen-bond donors (Lipinski definition) is 1. The van der Waals surface area contributed by atoms with E-state index < -0.39 is 0 Å². The van der Waals surface area contributed by atoms with Crippen LogP contribution in [0.25, 0.3) is 0 Å². The molecule has 0 aromatic carbocycles. The first-order chi connectivity index (χ1) is 7.11. The van der Waals surface area contributed by atoms with Crippen molar-refractivity contribution >= 4 is 11.6 Å². The summed E-state index contributed by atoms with van der Waals surface area (Å²) in [5.74, 6) is 0.